The fourth-order valence-corrected chi connectivity index (χ4v) is 2.28. The number of nitrogens with zero attached hydrogens (tertiary/aromatic N) is 2. The van der Waals surface area contributed by atoms with Crippen molar-refractivity contribution >= 4 is 22.8 Å². The lowest BCUT2D eigenvalue weighted by Crippen LogP contribution is -2.25. The highest BCUT2D eigenvalue weighted by atomic mass is 16.5. The van der Waals surface area contributed by atoms with Gasteiger partial charge in [-0.3, -0.25) is 4.79 Å². The molecule has 1 N–H and O–H groups in total. The van der Waals surface area contributed by atoms with Gasteiger partial charge in [-0.1, -0.05) is 0 Å². The number of benzene rings is 1. The molecular formula is C16H15N3O5. The number of nitrogens with one attached hydrogen (secondary N) is 1. The molecule has 124 valence electrons. The van der Waals surface area contributed by atoms with Gasteiger partial charge in [0.05, 0.1) is 19.9 Å². The smallest absolute Gasteiger partial charge is 0.421 e. The number of anilines is 1. The normalized spacial score (nSPS) is 10.6. The van der Waals surface area contributed by atoms with Gasteiger partial charge in [0.15, 0.2) is 11.2 Å². The standard InChI is InChI=1S/C16H15N3O5/c1-22-10-5-6-12(23-2)11(8-10)18-14(20)9-19-15-13(24-16(19)21)4-3-7-17-15/h3-8H,9H2,1-2H3,(H,18,20). The van der Waals surface area contributed by atoms with Crippen LogP contribution in [-0.2, 0) is 11.3 Å². The van der Waals surface area contributed by atoms with Crippen LogP contribution in [0.15, 0.2) is 45.7 Å². The summed E-state index contributed by atoms with van der Waals surface area (Å²) in [6.07, 6.45) is 1.52. The maximum Gasteiger partial charge on any atom is 0.421 e. The highest BCUT2D eigenvalue weighted by molar-refractivity contribution is 5.93. The third-order valence-electron chi connectivity index (χ3n) is 3.41. The first-order chi connectivity index (χ1) is 11.6. The number of pyridine rings is 1. The molecule has 2 heterocycles. The van der Waals surface area contributed by atoms with Crippen LogP contribution in [0.2, 0.25) is 0 Å². The number of rotatable bonds is 5. The molecule has 0 radical (unpaired) electrons. The molecule has 1 amide bonds. The fraction of sp³-hybridized carbons (Fsp3) is 0.188. The lowest BCUT2D eigenvalue weighted by atomic mass is 10.2. The van der Waals surface area contributed by atoms with E-state index in [1.165, 1.54) is 20.4 Å². The number of oxazole rings is 1. The quantitative estimate of drug-likeness (QED) is 0.764. The molecule has 0 aliphatic heterocycles. The van der Waals surface area contributed by atoms with Crippen molar-refractivity contribution in [2.24, 2.45) is 0 Å². The van der Waals surface area contributed by atoms with Crippen LogP contribution >= 0.6 is 0 Å². The second-order valence-corrected chi connectivity index (χ2v) is 4.89. The Morgan fingerprint density at radius 3 is 2.88 bits per heavy atom. The first-order valence-electron chi connectivity index (χ1n) is 7.08. The van der Waals surface area contributed by atoms with Crippen molar-refractivity contribution < 1.29 is 18.7 Å². The van der Waals surface area contributed by atoms with Crippen molar-refractivity contribution in [1.29, 1.82) is 0 Å². The SMILES string of the molecule is COc1ccc(OC)c(NC(=O)Cn2c(=O)oc3cccnc32)c1. The molecule has 0 atom stereocenters. The summed E-state index contributed by atoms with van der Waals surface area (Å²) in [5.74, 6) is -0.0150. The van der Waals surface area contributed by atoms with E-state index < -0.39 is 11.7 Å². The van der Waals surface area contributed by atoms with Gasteiger partial charge in [-0.05, 0) is 24.3 Å². The molecule has 0 bridgehead atoms. The molecule has 3 aromatic rings. The molecule has 0 aliphatic carbocycles. The van der Waals surface area contributed by atoms with Crippen LogP contribution in [0.25, 0.3) is 11.2 Å². The highest BCUT2D eigenvalue weighted by Gasteiger charge is 2.15. The van der Waals surface area contributed by atoms with Crippen LogP contribution in [0.4, 0.5) is 5.69 Å². The number of aromatic nitrogens is 2. The Balaban J connectivity index is 1.85. The number of hydrogen-bond donors (Lipinski definition) is 1. The van der Waals surface area contributed by atoms with E-state index in [1.807, 2.05) is 0 Å². The molecule has 0 saturated carbocycles. The van der Waals surface area contributed by atoms with E-state index >= 15 is 0 Å². The maximum atomic E-state index is 12.3. The van der Waals surface area contributed by atoms with E-state index in [4.69, 9.17) is 13.9 Å². The summed E-state index contributed by atoms with van der Waals surface area (Å²) < 4.78 is 16.6. The van der Waals surface area contributed by atoms with Gasteiger partial charge in [0, 0.05) is 12.3 Å². The average molecular weight is 329 g/mol. The molecule has 0 fully saturated rings. The monoisotopic (exact) mass is 329 g/mol. The highest BCUT2D eigenvalue weighted by Crippen LogP contribution is 2.28. The minimum absolute atomic E-state index is 0.233. The number of hydrogen-bond acceptors (Lipinski definition) is 6. The Morgan fingerprint density at radius 1 is 1.29 bits per heavy atom. The summed E-state index contributed by atoms with van der Waals surface area (Å²) in [5.41, 5.74) is 1.08. The zero-order valence-electron chi connectivity index (χ0n) is 13.1. The molecule has 8 heteroatoms. The number of ether oxygens (including phenoxy) is 2. The van der Waals surface area contributed by atoms with Gasteiger partial charge in [-0.25, -0.2) is 14.3 Å². The predicted octanol–water partition coefficient (Wildman–Crippen LogP) is 1.65. The molecule has 0 spiro atoms. The van der Waals surface area contributed by atoms with Gasteiger partial charge in [0.1, 0.15) is 18.0 Å². The van der Waals surface area contributed by atoms with Crippen LogP contribution in [-0.4, -0.2) is 29.7 Å². The van der Waals surface area contributed by atoms with Gasteiger partial charge < -0.3 is 19.2 Å². The predicted molar refractivity (Wildman–Crippen MR) is 86.4 cm³/mol. The second kappa shape index (κ2) is 6.45. The Labute approximate surface area is 136 Å². The van der Waals surface area contributed by atoms with Crippen LogP contribution in [0.3, 0.4) is 0 Å². The van der Waals surface area contributed by atoms with Crippen molar-refractivity contribution in [3.63, 3.8) is 0 Å². The van der Waals surface area contributed by atoms with Crippen LogP contribution in [0.5, 0.6) is 11.5 Å². The number of carbonyl (C=O) groups excluding carboxylic acids is 1. The minimum Gasteiger partial charge on any atom is -0.497 e. The fourth-order valence-electron chi connectivity index (χ4n) is 2.28. The average Bonchev–Trinajstić information content (AvgIpc) is 2.90. The number of carbonyl (C=O) groups is 1. The van der Waals surface area contributed by atoms with E-state index in [-0.39, 0.29) is 6.54 Å². The van der Waals surface area contributed by atoms with Crippen molar-refractivity contribution in [3.05, 3.63) is 47.1 Å². The van der Waals surface area contributed by atoms with Crippen molar-refractivity contribution in [3.8, 4) is 11.5 Å². The van der Waals surface area contributed by atoms with E-state index in [0.29, 0.717) is 28.4 Å². The largest absolute Gasteiger partial charge is 0.497 e. The summed E-state index contributed by atoms with van der Waals surface area (Å²) in [5, 5.41) is 2.69. The molecule has 8 nitrogen and oxygen atoms in total. The molecule has 0 unspecified atom stereocenters. The molecular weight excluding hydrogens is 314 g/mol. The summed E-state index contributed by atoms with van der Waals surface area (Å²) in [4.78, 5) is 28.3. The minimum atomic E-state index is -0.642. The lowest BCUT2D eigenvalue weighted by molar-refractivity contribution is -0.116. The van der Waals surface area contributed by atoms with Crippen molar-refractivity contribution in [1.82, 2.24) is 9.55 Å². The van der Waals surface area contributed by atoms with Crippen LogP contribution in [0, 0.1) is 0 Å². The molecule has 1 aromatic carbocycles. The number of fused-ring (bicyclic) bond motifs is 1. The summed E-state index contributed by atoms with van der Waals surface area (Å²) in [6.45, 7) is -0.233. The Bertz CT molecular complexity index is 944. The summed E-state index contributed by atoms with van der Waals surface area (Å²) >= 11 is 0. The topological polar surface area (TPSA) is 95.6 Å². The summed E-state index contributed by atoms with van der Waals surface area (Å²) in [7, 11) is 3.02. The third-order valence-corrected chi connectivity index (χ3v) is 3.41. The lowest BCUT2D eigenvalue weighted by Gasteiger charge is -2.11. The first kappa shape index (κ1) is 15.6. The van der Waals surface area contributed by atoms with Gasteiger partial charge in [0.25, 0.3) is 0 Å². The van der Waals surface area contributed by atoms with Crippen molar-refractivity contribution in [2.75, 3.05) is 19.5 Å². The van der Waals surface area contributed by atoms with Gasteiger partial charge >= 0.3 is 5.76 Å². The second-order valence-electron chi connectivity index (χ2n) is 4.89. The number of methoxy groups -OCH3 is 2. The van der Waals surface area contributed by atoms with Crippen LogP contribution < -0.4 is 20.5 Å². The van der Waals surface area contributed by atoms with E-state index in [0.717, 1.165) is 4.57 Å². The maximum absolute atomic E-state index is 12.3. The Hall–Kier alpha value is -3.29. The molecule has 3 rings (SSSR count). The first-order valence-corrected chi connectivity index (χ1v) is 7.08. The summed E-state index contributed by atoms with van der Waals surface area (Å²) in [6, 6.07) is 8.28. The van der Waals surface area contributed by atoms with Crippen LogP contribution in [0.1, 0.15) is 0 Å². The zero-order chi connectivity index (χ0) is 17.1. The van der Waals surface area contributed by atoms with E-state index in [1.54, 1.807) is 30.3 Å². The molecule has 0 saturated heterocycles. The Morgan fingerprint density at radius 2 is 2.12 bits per heavy atom. The van der Waals surface area contributed by atoms with Gasteiger partial charge in [0.2, 0.25) is 5.91 Å². The molecule has 24 heavy (non-hydrogen) atoms. The van der Waals surface area contributed by atoms with Crippen molar-refractivity contribution in [2.45, 2.75) is 6.54 Å². The number of amides is 1. The van der Waals surface area contributed by atoms with E-state index in [2.05, 4.69) is 10.3 Å². The zero-order valence-corrected chi connectivity index (χ0v) is 13.1. The third kappa shape index (κ3) is 2.94. The molecule has 2 aromatic heterocycles. The van der Waals surface area contributed by atoms with E-state index in [9.17, 15) is 9.59 Å². The Kier molecular flexibility index (Phi) is 4.19. The van der Waals surface area contributed by atoms with Gasteiger partial charge in [-0.2, -0.15) is 0 Å². The molecule has 0 aliphatic rings. The van der Waals surface area contributed by atoms with Gasteiger partial charge in [-0.15, -0.1) is 0 Å².